The normalized spacial score (nSPS) is 10.7. The van der Waals surface area contributed by atoms with E-state index >= 15 is 0 Å². The average Bonchev–Trinajstić information content (AvgIpc) is 2.82. The highest BCUT2D eigenvalue weighted by molar-refractivity contribution is 7.99. The third-order valence-electron chi connectivity index (χ3n) is 3.47. The van der Waals surface area contributed by atoms with Crippen LogP contribution < -0.4 is 4.74 Å². The van der Waals surface area contributed by atoms with Gasteiger partial charge in [0.05, 0.1) is 5.75 Å². The van der Waals surface area contributed by atoms with Crippen LogP contribution in [0.2, 0.25) is 0 Å². The first-order valence-electron chi connectivity index (χ1n) is 6.82. The van der Waals surface area contributed by atoms with Crippen LogP contribution in [0.15, 0.2) is 17.3 Å². The lowest BCUT2D eigenvalue weighted by atomic mass is 10.1. The smallest absolute Gasteiger partial charge is 0.313 e. The zero-order valence-corrected chi connectivity index (χ0v) is 13.9. The number of carboxylic acids is 1. The summed E-state index contributed by atoms with van der Waals surface area (Å²) in [6.45, 7) is 6.38. The number of nitrogens with zero attached hydrogens (tertiary/aromatic N) is 3. The minimum Gasteiger partial charge on any atom is -0.485 e. The van der Waals surface area contributed by atoms with Gasteiger partial charge < -0.3 is 14.4 Å². The summed E-state index contributed by atoms with van der Waals surface area (Å²) in [4.78, 5) is 10.6. The molecule has 0 amide bonds. The van der Waals surface area contributed by atoms with Crippen LogP contribution in [0.4, 0.5) is 0 Å². The molecule has 0 saturated carbocycles. The highest BCUT2D eigenvalue weighted by Crippen LogP contribution is 2.26. The fourth-order valence-electron chi connectivity index (χ4n) is 2.01. The van der Waals surface area contributed by atoms with Crippen molar-refractivity contribution in [2.75, 3.05) is 5.75 Å². The second-order valence-electron chi connectivity index (χ2n) is 5.08. The number of carboxylic acid groups (broad SMARTS) is 1. The Morgan fingerprint density at radius 3 is 2.64 bits per heavy atom. The van der Waals surface area contributed by atoms with E-state index < -0.39 is 5.97 Å². The molecule has 0 aliphatic heterocycles. The first-order valence-corrected chi connectivity index (χ1v) is 7.81. The predicted molar refractivity (Wildman–Crippen MR) is 84.3 cm³/mol. The molecule has 2 aromatic rings. The van der Waals surface area contributed by atoms with E-state index in [4.69, 9.17) is 9.84 Å². The summed E-state index contributed by atoms with van der Waals surface area (Å²) in [6, 6.07) is 4.10. The first kappa shape index (κ1) is 16.4. The molecule has 1 heterocycles. The molecule has 7 heteroatoms. The van der Waals surface area contributed by atoms with Crippen molar-refractivity contribution in [3.8, 4) is 5.75 Å². The van der Waals surface area contributed by atoms with Gasteiger partial charge in [-0.1, -0.05) is 23.9 Å². The zero-order valence-electron chi connectivity index (χ0n) is 13.1. The molecule has 0 spiro atoms. The molecule has 0 unspecified atom stereocenters. The summed E-state index contributed by atoms with van der Waals surface area (Å²) in [6.07, 6.45) is 0. The SMILES string of the molecule is Cc1ccc(C)c(OCc2nnc(SCC(=O)O)n2C)c1C. The van der Waals surface area contributed by atoms with Crippen molar-refractivity contribution in [2.45, 2.75) is 32.5 Å². The van der Waals surface area contributed by atoms with Gasteiger partial charge in [0.2, 0.25) is 0 Å². The lowest BCUT2D eigenvalue weighted by molar-refractivity contribution is -0.133. The van der Waals surface area contributed by atoms with Crippen LogP contribution >= 0.6 is 11.8 Å². The maximum atomic E-state index is 10.6. The van der Waals surface area contributed by atoms with Crippen LogP contribution in [-0.4, -0.2) is 31.6 Å². The lowest BCUT2D eigenvalue weighted by Gasteiger charge is -2.13. The number of aromatic nitrogens is 3. The number of rotatable bonds is 6. The fourth-order valence-corrected chi connectivity index (χ4v) is 2.66. The van der Waals surface area contributed by atoms with Crippen LogP contribution in [0.3, 0.4) is 0 Å². The van der Waals surface area contributed by atoms with Gasteiger partial charge in [-0.2, -0.15) is 0 Å². The van der Waals surface area contributed by atoms with E-state index in [0.717, 1.165) is 28.6 Å². The van der Waals surface area contributed by atoms with Crippen LogP contribution in [0.5, 0.6) is 5.75 Å². The highest BCUT2D eigenvalue weighted by atomic mass is 32.2. The van der Waals surface area contributed by atoms with Gasteiger partial charge in [0.15, 0.2) is 11.0 Å². The van der Waals surface area contributed by atoms with Crippen LogP contribution in [0, 0.1) is 20.8 Å². The van der Waals surface area contributed by atoms with E-state index in [1.165, 1.54) is 5.56 Å². The highest BCUT2D eigenvalue weighted by Gasteiger charge is 2.13. The van der Waals surface area contributed by atoms with E-state index in [9.17, 15) is 4.79 Å². The van der Waals surface area contributed by atoms with Crippen molar-refractivity contribution in [1.82, 2.24) is 14.8 Å². The van der Waals surface area contributed by atoms with Crippen molar-refractivity contribution >= 4 is 17.7 Å². The molecular weight excluding hydrogens is 302 g/mol. The van der Waals surface area contributed by atoms with Crippen molar-refractivity contribution in [1.29, 1.82) is 0 Å². The molecule has 0 saturated heterocycles. The summed E-state index contributed by atoms with van der Waals surface area (Å²) in [5.41, 5.74) is 3.37. The van der Waals surface area contributed by atoms with Gasteiger partial charge in [-0.3, -0.25) is 4.79 Å². The predicted octanol–water partition coefficient (Wildman–Crippen LogP) is 2.50. The Kier molecular flexibility index (Phi) is 5.07. The van der Waals surface area contributed by atoms with E-state index in [2.05, 4.69) is 16.3 Å². The van der Waals surface area contributed by atoms with E-state index in [-0.39, 0.29) is 5.75 Å². The Morgan fingerprint density at radius 1 is 1.27 bits per heavy atom. The second-order valence-corrected chi connectivity index (χ2v) is 6.02. The summed E-state index contributed by atoms with van der Waals surface area (Å²) in [7, 11) is 1.80. The molecule has 0 bridgehead atoms. The third-order valence-corrected chi connectivity index (χ3v) is 4.47. The van der Waals surface area contributed by atoms with Crippen molar-refractivity contribution < 1.29 is 14.6 Å². The Balaban J connectivity index is 2.10. The standard InChI is InChI=1S/C15H19N3O3S/c1-9-5-6-10(2)14(11(9)3)21-7-12-16-17-15(18(12)4)22-8-13(19)20/h5-6H,7-8H2,1-4H3,(H,19,20). The number of ether oxygens (including phenoxy) is 1. The molecule has 0 aliphatic carbocycles. The molecule has 1 aromatic carbocycles. The average molecular weight is 321 g/mol. The molecule has 6 nitrogen and oxygen atoms in total. The first-order chi connectivity index (χ1) is 10.4. The quantitative estimate of drug-likeness (QED) is 0.824. The van der Waals surface area contributed by atoms with Gasteiger partial charge in [-0.15, -0.1) is 10.2 Å². The van der Waals surface area contributed by atoms with Crippen LogP contribution in [0.1, 0.15) is 22.5 Å². The Morgan fingerprint density at radius 2 is 1.95 bits per heavy atom. The second kappa shape index (κ2) is 6.83. The number of aryl methyl sites for hydroxylation is 2. The lowest BCUT2D eigenvalue weighted by Crippen LogP contribution is -2.07. The minimum atomic E-state index is -0.878. The number of benzene rings is 1. The zero-order chi connectivity index (χ0) is 16.3. The van der Waals surface area contributed by atoms with Crippen LogP contribution in [0.25, 0.3) is 0 Å². The number of aliphatic carboxylic acids is 1. The minimum absolute atomic E-state index is 0.0388. The number of thioether (sulfide) groups is 1. The number of hydrogen-bond donors (Lipinski definition) is 1. The van der Waals surface area contributed by atoms with Gasteiger partial charge in [0, 0.05) is 7.05 Å². The van der Waals surface area contributed by atoms with E-state index in [1.54, 1.807) is 11.6 Å². The monoisotopic (exact) mass is 321 g/mol. The topological polar surface area (TPSA) is 77.2 Å². The summed E-state index contributed by atoms with van der Waals surface area (Å²) in [5, 5.41) is 17.3. The molecule has 22 heavy (non-hydrogen) atoms. The molecule has 1 N–H and O–H groups in total. The molecule has 0 radical (unpaired) electrons. The van der Waals surface area contributed by atoms with Gasteiger partial charge >= 0.3 is 5.97 Å². The van der Waals surface area contributed by atoms with E-state index in [1.807, 2.05) is 26.8 Å². The maximum absolute atomic E-state index is 10.6. The third kappa shape index (κ3) is 3.59. The fraction of sp³-hybridized carbons (Fsp3) is 0.400. The van der Waals surface area contributed by atoms with Crippen LogP contribution in [-0.2, 0) is 18.4 Å². The van der Waals surface area contributed by atoms with E-state index in [0.29, 0.717) is 17.6 Å². The molecule has 118 valence electrons. The molecule has 1 aromatic heterocycles. The van der Waals surface area contributed by atoms with Crippen molar-refractivity contribution in [3.63, 3.8) is 0 Å². The van der Waals surface area contributed by atoms with Crippen molar-refractivity contribution in [2.24, 2.45) is 7.05 Å². The number of hydrogen-bond acceptors (Lipinski definition) is 5. The molecule has 2 rings (SSSR count). The molecule has 0 aliphatic rings. The Bertz CT molecular complexity index is 698. The van der Waals surface area contributed by atoms with Gasteiger partial charge in [-0.05, 0) is 37.5 Å². The Hall–Kier alpha value is -2.02. The van der Waals surface area contributed by atoms with Gasteiger partial charge in [0.1, 0.15) is 12.4 Å². The van der Waals surface area contributed by atoms with Gasteiger partial charge in [-0.25, -0.2) is 0 Å². The maximum Gasteiger partial charge on any atom is 0.313 e. The molecular formula is C15H19N3O3S. The molecule has 0 fully saturated rings. The Labute approximate surface area is 133 Å². The summed E-state index contributed by atoms with van der Waals surface area (Å²) in [5.74, 6) is 0.607. The van der Waals surface area contributed by atoms with Gasteiger partial charge in [0.25, 0.3) is 0 Å². The summed E-state index contributed by atoms with van der Waals surface area (Å²) < 4.78 is 7.66. The molecule has 0 atom stereocenters. The largest absolute Gasteiger partial charge is 0.485 e. The number of carbonyl (C=O) groups is 1. The van der Waals surface area contributed by atoms with Crippen molar-refractivity contribution in [3.05, 3.63) is 34.6 Å². The summed E-state index contributed by atoms with van der Waals surface area (Å²) >= 11 is 1.14.